The Bertz CT molecular complexity index is 576. The van der Waals surface area contributed by atoms with Gasteiger partial charge in [0, 0.05) is 19.2 Å². The zero-order valence-corrected chi connectivity index (χ0v) is 12.4. The lowest BCUT2D eigenvalue weighted by Crippen LogP contribution is -2.46. The van der Waals surface area contributed by atoms with Gasteiger partial charge in [-0.3, -0.25) is 9.59 Å². The molecule has 112 valence electrons. The third-order valence-electron chi connectivity index (χ3n) is 3.23. The van der Waals surface area contributed by atoms with Crippen LogP contribution in [0.25, 0.3) is 0 Å². The summed E-state index contributed by atoms with van der Waals surface area (Å²) in [6, 6.07) is 5.96. The zero-order chi connectivity index (χ0) is 15.4. The van der Waals surface area contributed by atoms with Crippen molar-refractivity contribution in [2.75, 3.05) is 11.6 Å². The summed E-state index contributed by atoms with van der Waals surface area (Å²) >= 11 is 1.54. The molecule has 0 aromatic heterocycles. The first-order valence-electron chi connectivity index (χ1n) is 6.44. The second-order valence-corrected chi connectivity index (χ2v) is 5.73. The molecule has 0 unspecified atom stereocenters. The molecule has 7 heteroatoms. The topological polar surface area (TPSA) is 86.7 Å². The largest absolute Gasteiger partial charge is 0.478 e. The maximum atomic E-state index is 12.1. The van der Waals surface area contributed by atoms with E-state index in [0.29, 0.717) is 17.2 Å². The van der Waals surface area contributed by atoms with Gasteiger partial charge in [0.1, 0.15) is 6.04 Å². The Kier molecular flexibility index (Phi) is 4.85. The molecule has 1 atom stereocenters. The molecule has 0 bridgehead atoms. The molecular formula is C14H16N2O4S. The number of benzene rings is 1. The van der Waals surface area contributed by atoms with Crippen LogP contribution in [-0.4, -0.2) is 45.5 Å². The van der Waals surface area contributed by atoms with E-state index in [1.165, 1.54) is 24.0 Å². The van der Waals surface area contributed by atoms with Crippen molar-refractivity contribution in [3.63, 3.8) is 0 Å². The number of amides is 2. The van der Waals surface area contributed by atoms with E-state index in [9.17, 15) is 14.4 Å². The van der Waals surface area contributed by atoms with Crippen LogP contribution >= 0.6 is 11.8 Å². The van der Waals surface area contributed by atoms with Crippen molar-refractivity contribution in [1.29, 1.82) is 0 Å². The van der Waals surface area contributed by atoms with Gasteiger partial charge in [-0.25, -0.2) is 4.79 Å². The van der Waals surface area contributed by atoms with Crippen molar-refractivity contribution in [3.8, 4) is 0 Å². The molecule has 0 radical (unpaired) electrons. The molecule has 21 heavy (non-hydrogen) atoms. The Balaban J connectivity index is 1.96. The van der Waals surface area contributed by atoms with Crippen LogP contribution in [0.5, 0.6) is 0 Å². The monoisotopic (exact) mass is 308 g/mol. The number of nitrogens with one attached hydrogen (secondary N) is 1. The van der Waals surface area contributed by atoms with E-state index in [4.69, 9.17) is 5.11 Å². The average molecular weight is 308 g/mol. The third kappa shape index (κ3) is 3.75. The second-order valence-electron chi connectivity index (χ2n) is 4.73. The van der Waals surface area contributed by atoms with Crippen molar-refractivity contribution < 1.29 is 19.5 Å². The van der Waals surface area contributed by atoms with E-state index in [1.807, 2.05) is 0 Å². The Hall–Kier alpha value is -2.02. The van der Waals surface area contributed by atoms with Crippen LogP contribution in [0.15, 0.2) is 24.3 Å². The Morgan fingerprint density at radius 3 is 2.86 bits per heavy atom. The smallest absolute Gasteiger partial charge is 0.335 e. The lowest BCUT2D eigenvalue weighted by molar-refractivity contribution is -0.136. The highest BCUT2D eigenvalue weighted by Crippen LogP contribution is 2.21. The Morgan fingerprint density at radius 1 is 1.43 bits per heavy atom. The van der Waals surface area contributed by atoms with E-state index in [1.54, 1.807) is 23.9 Å². The molecule has 2 N–H and O–H groups in total. The third-order valence-corrected chi connectivity index (χ3v) is 4.24. The molecule has 2 rings (SSSR count). The SMILES string of the molecule is CC(=O)N1CSC[C@H]1C(=O)NCc1cccc(C(=O)O)c1. The first-order chi connectivity index (χ1) is 9.99. The van der Waals surface area contributed by atoms with E-state index in [2.05, 4.69) is 5.32 Å². The van der Waals surface area contributed by atoms with E-state index in [-0.39, 0.29) is 23.9 Å². The van der Waals surface area contributed by atoms with Gasteiger partial charge in [0.25, 0.3) is 0 Å². The van der Waals surface area contributed by atoms with E-state index >= 15 is 0 Å². The number of carbonyl (C=O) groups is 3. The summed E-state index contributed by atoms with van der Waals surface area (Å²) in [5, 5.41) is 11.7. The zero-order valence-electron chi connectivity index (χ0n) is 11.5. The fourth-order valence-corrected chi connectivity index (χ4v) is 3.31. The van der Waals surface area contributed by atoms with Crippen LogP contribution < -0.4 is 5.32 Å². The molecule has 1 aromatic rings. The summed E-state index contributed by atoms with van der Waals surface area (Å²) < 4.78 is 0. The number of rotatable bonds is 4. The molecule has 1 aromatic carbocycles. The van der Waals surface area contributed by atoms with Gasteiger partial charge in [-0.05, 0) is 17.7 Å². The number of carboxylic acid groups (broad SMARTS) is 1. The number of nitrogens with zero attached hydrogens (tertiary/aromatic N) is 1. The number of hydrogen-bond acceptors (Lipinski definition) is 4. The van der Waals surface area contributed by atoms with Gasteiger partial charge in [-0.1, -0.05) is 12.1 Å². The summed E-state index contributed by atoms with van der Waals surface area (Å²) in [5.41, 5.74) is 0.895. The Morgan fingerprint density at radius 2 is 2.19 bits per heavy atom. The summed E-state index contributed by atoms with van der Waals surface area (Å²) in [4.78, 5) is 36.0. The van der Waals surface area contributed by atoms with Gasteiger partial charge in [0.05, 0.1) is 11.4 Å². The number of carbonyl (C=O) groups excluding carboxylic acids is 2. The fourth-order valence-electron chi connectivity index (χ4n) is 2.09. The molecule has 6 nitrogen and oxygen atoms in total. The average Bonchev–Trinajstić information content (AvgIpc) is 2.94. The van der Waals surface area contributed by atoms with Gasteiger partial charge < -0.3 is 15.3 Å². The van der Waals surface area contributed by atoms with Gasteiger partial charge in [0.15, 0.2) is 0 Å². The van der Waals surface area contributed by atoms with E-state index < -0.39 is 12.0 Å². The standard InChI is InChI=1S/C14H16N2O4S/c1-9(17)16-8-21-7-12(16)13(18)15-6-10-3-2-4-11(5-10)14(19)20/h2-5,12H,6-8H2,1H3,(H,15,18)(H,19,20)/t12-/m0/s1. The van der Waals surface area contributed by atoms with Crippen LogP contribution in [0.3, 0.4) is 0 Å². The first kappa shape index (κ1) is 15.4. The minimum atomic E-state index is -1.00. The van der Waals surface area contributed by atoms with Crippen LogP contribution in [-0.2, 0) is 16.1 Å². The van der Waals surface area contributed by atoms with Crippen LogP contribution in [0.1, 0.15) is 22.8 Å². The second kappa shape index (κ2) is 6.62. The molecule has 1 heterocycles. The maximum Gasteiger partial charge on any atom is 0.335 e. The van der Waals surface area contributed by atoms with E-state index in [0.717, 1.165) is 0 Å². The quantitative estimate of drug-likeness (QED) is 0.864. The number of thioether (sulfide) groups is 1. The van der Waals surface area contributed by atoms with Gasteiger partial charge in [0.2, 0.25) is 11.8 Å². The predicted molar refractivity (Wildman–Crippen MR) is 78.9 cm³/mol. The van der Waals surface area contributed by atoms with Crippen LogP contribution in [0.4, 0.5) is 0 Å². The highest BCUT2D eigenvalue weighted by molar-refractivity contribution is 7.99. The number of aromatic carboxylic acids is 1. The molecule has 1 fully saturated rings. The summed E-state index contributed by atoms with van der Waals surface area (Å²) in [7, 11) is 0. The molecular weight excluding hydrogens is 292 g/mol. The number of hydrogen-bond donors (Lipinski definition) is 2. The lowest BCUT2D eigenvalue weighted by Gasteiger charge is -2.21. The van der Waals surface area contributed by atoms with Crippen molar-refractivity contribution in [2.45, 2.75) is 19.5 Å². The van der Waals surface area contributed by atoms with Crippen molar-refractivity contribution in [1.82, 2.24) is 10.2 Å². The fraction of sp³-hybridized carbons (Fsp3) is 0.357. The van der Waals surface area contributed by atoms with Crippen molar-refractivity contribution in [3.05, 3.63) is 35.4 Å². The summed E-state index contributed by atoms with van der Waals surface area (Å²) in [6.45, 7) is 1.69. The highest BCUT2D eigenvalue weighted by Gasteiger charge is 2.32. The molecule has 1 saturated heterocycles. The molecule has 1 aliphatic rings. The normalized spacial score (nSPS) is 17.6. The van der Waals surface area contributed by atoms with Crippen LogP contribution in [0, 0.1) is 0 Å². The maximum absolute atomic E-state index is 12.1. The first-order valence-corrected chi connectivity index (χ1v) is 7.59. The van der Waals surface area contributed by atoms with Gasteiger partial charge >= 0.3 is 5.97 Å². The predicted octanol–water partition coefficient (Wildman–Crippen LogP) is 0.922. The van der Waals surface area contributed by atoms with Crippen molar-refractivity contribution in [2.24, 2.45) is 0 Å². The molecule has 0 aliphatic carbocycles. The highest BCUT2D eigenvalue weighted by atomic mass is 32.2. The van der Waals surface area contributed by atoms with Gasteiger partial charge in [-0.15, -0.1) is 11.8 Å². The molecule has 0 saturated carbocycles. The summed E-state index contributed by atoms with van der Waals surface area (Å²) in [6.07, 6.45) is 0. The molecule has 0 spiro atoms. The van der Waals surface area contributed by atoms with Gasteiger partial charge in [-0.2, -0.15) is 0 Å². The minimum absolute atomic E-state index is 0.118. The molecule has 1 aliphatic heterocycles. The Labute approximate surface area is 126 Å². The van der Waals surface area contributed by atoms with Crippen LogP contribution in [0.2, 0.25) is 0 Å². The summed E-state index contributed by atoms with van der Waals surface area (Å²) in [5.74, 6) is -0.218. The number of carboxylic acids is 1. The minimum Gasteiger partial charge on any atom is -0.478 e. The van der Waals surface area contributed by atoms with Crippen molar-refractivity contribution >= 4 is 29.5 Å². The molecule has 2 amide bonds. The lowest BCUT2D eigenvalue weighted by atomic mass is 10.1.